The first-order chi connectivity index (χ1) is 67.7. The second-order valence-corrected chi connectivity index (χ2v) is 38.2. The molecule has 20 rings (SSSR count). The highest BCUT2D eigenvalue weighted by molar-refractivity contribution is 6.31. The summed E-state index contributed by atoms with van der Waals surface area (Å²) in [5, 5.41) is 15.4. The molecule has 0 bridgehead atoms. The third kappa shape index (κ3) is 24.3. The molecule has 11 aromatic carbocycles. The van der Waals surface area contributed by atoms with Crippen molar-refractivity contribution in [3.63, 3.8) is 0 Å². The van der Waals surface area contributed by atoms with Gasteiger partial charge in [0.1, 0.15) is 28.6 Å². The van der Waals surface area contributed by atoms with Gasteiger partial charge in [0.15, 0.2) is 0 Å². The molecule has 0 spiro atoms. The van der Waals surface area contributed by atoms with Crippen LogP contribution in [0.15, 0.2) is 309 Å². The Hall–Kier alpha value is -13.9. The SMILES string of the molecule is C[C@@H](NC(=O)C1CCN(C(=O)c2cc3ccccc3n2Cc2ccc(Cl)cc2)CC1)c1ccccc1.O=C(NCc1ccccc1)C1CCN(C(=O)c2cc3ccccc3n2Cc2ccc(Cl)cc2)CC1.O=C(NCc1ccccc1)C1CCN(C(=O)c2cc3ccccc3n2Cc2ccc(F)cc2)CC1.O=C(c1cc2ccccc2n1Cc1ccc(Cl)cc1)N1CCC(C(=O)N2CCCCC2)CC1. The molecule has 712 valence electrons. The van der Waals surface area contributed by atoms with Crippen molar-refractivity contribution < 1.29 is 42.7 Å². The number of benzene rings is 11. The molecule has 139 heavy (non-hydrogen) atoms. The van der Waals surface area contributed by atoms with Crippen LogP contribution in [0.2, 0.25) is 15.1 Å². The van der Waals surface area contributed by atoms with Gasteiger partial charge in [-0.25, -0.2) is 4.39 Å². The number of likely N-dealkylation sites (tertiary alicyclic amines) is 5. The molecule has 0 aliphatic carbocycles. The highest BCUT2D eigenvalue weighted by Crippen LogP contribution is 2.34. The van der Waals surface area contributed by atoms with E-state index in [2.05, 4.69) is 35.7 Å². The van der Waals surface area contributed by atoms with E-state index in [0.29, 0.717) is 174 Å². The van der Waals surface area contributed by atoms with Crippen LogP contribution in [0.4, 0.5) is 4.39 Å². The Balaban J connectivity index is 0.000000128. The number of piperidine rings is 5. The van der Waals surface area contributed by atoms with Gasteiger partial charge in [-0.3, -0.25) is 38.4 Å². The normalized spacial score (nSPS) is 15.2. The molecule has 4 aromatic heterocycles. The average molecular weight is 1920 g/mol. The van der Waals surface area contributed by atoms with E-state index in [-0.39, 0.29) is 76.9 Å². The van der Waals surface area contributed by atoms with Crippen LogP contribution < -0.4 is 16.0 Å². The number of nitrogens with zero attached hydrogens (tertiary/aromatic N) is 9. The number of para-hydroxylation sites is 4. The third-order valence-electron chi connectivity index (χ3n) is 27.7. The lowest BCUT2D eigenvalue weighted by atomic mass is 9.94. The summed E-state index contributed by atoms with van der Waals surface area (Å²) < 4.78 is 21.7. The number of fused-ring (bicyclic) bond motifs is 4. The zero-order chi connectivity index (χ0) is 96.3. The lowest BCUT2D eigenvalue weighted by Gasteiger charge is -2.35. The Kier molecular flexibility index (Phi) is 32.1. The van der Waals surface area contributed by atoms with Crippen LogP contribution in [0.3, 0.4) is 0 Å². The van der Waals surface area contributed by atoms with Gasteiger partial charge >= 0.3 is 0 Å². The monoisotopic (exact) mass is 1920 g/mol. The van der Waals surface area contributed by atoms with Gasteiger partial charge in [-0.15, -0.1) is 0 Å². The molecule has 8 amide bonds. The number of hydrogen-bond acceptors (Lipinski definition) is 8. The van der Waals surface area contributed by atoms with E-state index in [0.717, 1.165) is 121 Å². The molecule has 24 heteroatoms. The minimum absolute atomic E-state index is 0.0108. The zero-order valence-electron chi connectivity index (χ0n) is 78.2. The first-order valence-electron chi connectivity index (χ1n) is 48.5. The van der Waals surface area contributed by atoms with E-state index in [9.17, 15) is 42.7 Å². The second kappa shape index (κ2) is 46.1. The molecule has 0 saturated carbocycles. The first kappa shape index (κ1) is 96.8. The summed E-state index contributed by atoms with van der Waals surface area (Å²) in [6, 6.07) is 99.4. The molecule has 0 unspecified atom stereocenters. The maximum Gasteiger partial charge on any atom is 0.270 e. The van der Waals surface area contributed by atoms with Gasteiger partial charge in [-0.05, 0) is 214 Å². The topological polar surface area (TPSA) is 209 Å². The predicted molar refractivity (Wildman–Crippen MR) is 549 cm³/mol. The largest absolute Gasteiger partial charge is 0.352 e. The van der Waals surface area contributed by atoms with Crippen LogP contribution in [0, 0.1) is 29.5 Å². The van der Waals surface area contributed by atoms with Gasteiger partial charge in [-0.2, -0.15) is 0 Å². The van der Waals surface area contributed by atoms with Crippen LogP contribution in [0.5, 0.6) is 0 Å². The summed E-state index contributed by atoms with van der Waals surface area (Å²) in [6.07, 6.45) is 8.90. The molecular formula is C115H116Cl3FN12O8. The van der Waals surface area contributed by atoms with E-state index in [1.807, 2.05) is 315 Å². The molecular weight excluding hydrogens is 1800 g/mol. The number of amides is 8. The maximum atomic E-state index is 13.7. The van der Waals surface area contributed by atoms with E-state index < -0.39 is 0 Å². The van der Waals surface area contributed by atoms with Gasteiger partial charge in [0.2, 0.25) is 23.6 Å². The second-order valence-electron chi connectivity index (χ2n) is 36.9. The number of hydrogen-bond donors (Lipinski definition) is 3. The van der Waals surface area contributed by atoms with Gasteiger partial charge in [-0.1, -0.05) is 247 Å². The van der Waals surface area contributed by atoms with Crippen molar-refractivity contribution in [2.24, 2.45) is 23.7 Å². The van der Waals surface area contributed by atoms with E-state index >= 15 is 0 Å². The van der Waals surface area contributed by atoms with Gasteiger partial charge in [0.05, 0.1) is 6.04 Å². The summed E-state index contributed by atoms with van der Waals surface area (Å²) >= 11 is 18.2. The van der Waals surface area contributed by atoms with Crippen LogP contribution in [-0.2, 0) is 58.4 Å². The summed E-state index contributed by atoms with van der Waals surface area (Å²) in [7, 11) is 0. The molecule has 9 heterocycles. The van der Waals surface area contributed by atoms with E-state index in [4.69, 9.17) is 34.8 Å². The Bertz CT molecular complexity index is 6560. The predicted octanol–water partition coefficient (Wildman–Crippen LogP) is 21.8. The molecule has 5 saturated heterocycles. The van der Waals surface area contributed by atoms with Crippen molar-refractivity contribution >= 4 is 126 Å². The van der Waals surface area contributed by atoms with Crippen molar-refractivity contribution in [2.45, 2.75) is 123 Å². The average Bonchev–Trinajstić information content (AvgIpc) is 1.64. The Morgan fingerprint density at radius 3 is 0.871 bits per heavy atom. The summed E-state index contributed by atoms with van der Waals surface area (Å²) in [5.74, 6) is 0.0319. The fraction of sp³-hybridized carbons (Fsp3) is 0.287. The van der Waals surface area contributed by atoms with Crippen molar-refractivity contribution in [3.8, 4) is 0 Å². The molecule has 5 aliphatic rings. The minimum Gasteiger partial charge on any atom is -0.352 e. The van der Waals surface area contributed by atoms with Crippen molar-refractivity contribution in [2.75, 3.05) is 65.4 Å². The van der Waals surface area contributed by atoms with Crippen molar-refractivity contribution in [3.05, 3.63) is 392 Å². The quantitative estimate of drug-likeness (QED) is 0.0593. The van der Waals surface area contributed by atoms with E-state index in [1.54, 1.807) is 12.1 Å². The van der Waals surface area contributed by atoms with Crippen LogP contribution in [-0.4, -0.2) is 155 Å². The van der Waals surface area contributed by atoms with Crippen molar-refractivity contribution in [1.82, 2.24) is 58.7 Å². The number of rotatable bonds is 22. The summed E-state index contributed by atoms with van der Waals surface area (Å²) in [4.78, 5) is 115. The van der Waals surface area contributed by atoms with Crippen LogP contribution >= 0.6 is 34.8 Å². The van der Waals surface area contributed by atoms with Gasteiger partial charge in [0, 0.05) is 187 Å². The van der Waals surface area contributed by atoms with Gasteiger partial charge in [0.25, 0.3) is 23.6 Å². The number of aromatic nitrogens is 4. The highest BCUT2D eigenvalue weighted by atomic mass is 35.5. The van der Waals surface area contributed by atoms with Crippen LogP contribution in [0.1, 0.15) is 164 Å². The Morgan fingerprint density at radius 2 is 0.561 bits per heavy atom. The molecule has 3 N–H and O–H groups in total. The number of halogens is 4. The number of nitrogens with one attached hydrogen (secondary N) is 3. The molecule has 15 aromatic rings. The molecule has 5 aliphatic heterocycles. The highest BCUT2D eigenvalue weighted by Gasteiger charge is 2.36. The maximum absolute atomic E-state index is 13.7. The minimum atomic E-state index is -0.280. The van der Waals surface area contributed by atoms with Crippen LogP contribution in [0.25, 0.3) is 43.6 Å². The number of carbonyl (C=O) groups excluding carboxylic acids is 8. The third-order valence-corrected chi connectivity index (χ3v) is 28.4. The molecule has 5 fully saturated rings. The Morgan fingerprint density at radius 1 is 0.295 bits per heavy atom. The van der Waals surface area contributed by atoms with Gasteiger partial charge < -0.3 is 58.7 Å². The standard InChI is InChI=1S/C30H30ClN3O2.C29H28ClN3O2.C29H28FN3O2.C27H30ClN3O2/c1-21(23-7-3-2-4-8-23)32-29(35)24-15-17-33(18-16-24)30(36)28-19-25-9-5-6-10-27(25)34(28)20-22-11-13-26(31)14-12-22;2*30-25-12-10-22(11-13-25)20-33-26-9-5-4-8-24(26)18-27(33)29(35)32-16-14-23(15-17-32)28(34)31-19-21-6-2-1-3-7-21;28-23-10-8-20(9-11-23)19-31-24-7-3-2-6-22(24)18-25(31)27(33)30-16-12-21(13-17-30)26(32)29-14-4-1-5-15-29/h2-14,19,21,24H,15-18,20H2,1H3,(H,32,35);2*1-13,18,23H,14-17,19-20H2,(H,31,34);2-3,6-11,18,21H,1,4-5,12-17,19H2/t21-;;;/m1.../s1. The molecule has 1 atom stereocenters. The fourth-order valence-electron chi connectivity index (χ4n) is 19.7. The molecule has 20 nitrogen and oxygen atoms in total. The fourth-order valence-corrected chi connectivity index (χ4v) is 20.1. The lowest BCUT2D eigenvalue weighted by Crippen LogP contribution is -2.46. The number of carbonyl (C=O) groups is 8. The zero-order valence-corrected chi connectivity index (χ0v) is 80.5. The lowest BCUT2D eigenvalue weighted by molar-refractivity contribution is -0.138. The van der Waals surface area contributed by atoms with E-state index in [1.165, 1.54) is 18.6 Å². The van der Waals surface area contributed by atoms with Crippen molar-refractivity contribution in [1.29, 1.82) is 0 Å². The first-order valence-corrected chi connectivity index (χ1v) is 49.6. The molecule has 0 radical (unpaired) electrons. The summed E-state index contributed by atoms with van der Waals surface area (Å²) in [6.45, 7) is 11.7. The Labute approximate surface area is 825 Å². The smallest absolute Gasteiger partial charge is 0.270 e. The summed E-state index contributed by atoms with van der Waals surface area (Å²) in [5.41, 5.74) is 14.2.